The number of hydrogen-bond acceptors (Lipinski definition) is 5. The minimum absolute atomic E-state index is 0.0643. The molecule has 1 aliphatic rings. The van der Waals surface area contributed by atoms with Gasteiger partial charge < -0.3 is 14.2 Å². The van der Waals surface area contributed by atoms with Crippen LogP contribution in [0.4, 0.5) is 18.9 Å². The molecule has 3 aromatic rings. The number of nitrogens with zero attached hydrogens (tertiary/aromatic N) is 4. The number of rotatable bonds is 5. The van der Waals surface area contributed by atoms with E-state index in [1.165, 1.54) is 6.92 Å². The minimum atomic E-state index is -4.71. The zero-order chi connectivity index (χ0) is 22.9. The minimum Gasteiger partial charge on any atom is -0.413 e. The Hall–Kier alpha value is -3.69. The molecule has 0 unspecified atom stereocenters. The van der Waals surface area contributed by atoms with E-state index in [4.69, 9.17) is 4.42 Å². The quantitative estimate of drug-likeness (QED) is 0.599. The number of carbonyl (C=O) groups is 2. The van der Waals surface area contributed by atoms with Gasteiger partial charge in [0.2, 0.25) is 17.7 Å². The summed E-state index contributed by atoms with van der Waals surface area (Å²) in [5.74, 6) is -2.08. The van der Waals surface area contributed by atoms with Gasteiger partial charge in [-0.3, -0.25) is 9.59 Å². The van der Waals surface area contributed by atoms with Crippen molar-refractivity contribution in [2.24, 2.45) is 5.92 Å². The third kappa shape index (κ3) is 4.48. The van der Waals surface area contributed by atoms with Crippen LogP contribution in [0.25, 0.3) is 11.5 Å². The molecule has 0 radical (unpaired) electrons. The van der Waals surface area contributed by atoms with Crippen LogP contribution in [0.1, 0.15) is 18.4 Å². The molecular formula is C22H19F3N4O3. The Morgan fingerprint density at radius 2 is 1.72 bits per heavy atom. The van der Waals surface area contributed by atoms with Gasteiger partial charge in [0.05, 0.1) is 12.5 Å². The van der Waals surface area contributed by atoms with Gasteiger partial charge >= 0.3 is 12.1 Å². The molecule has 0 atom stereocenters. The van der Waals surface area contributed by atoms with Crippen LogP contribution >= 0.6 is 0 Å². The number of anilines is 1. The Morgan fingerprint density at radius 1 is 1.06 bits per heavy atom. The van der Waals surface area contributed by atoms with Crippen molar-refractivity contribution in [1.29, 1.82) is 0 Å². The number of halogens is 3. The second kappa shape index (κ2) is 8.45. The normalized spacial score (nSPS) is 14.2. The van der Waals surface area contributed by atoms with E-state index in [1.54, 1.807) is 34.1 Å². The second-order valence-electron chi connectivity index (χ2n) is 7.49. The molecule has 166 valence electrons. The molecular weight excluding hydrogens is 425 g/mol. The lowest BCUT2D eigenvalue weighted by Gasteiger charge is -2.40. The summed E-state index contributed by atoms with van der Waals surface area (Å²) in [5, 5.41) is 6.48. The summed E-state index contributed by atoms with van der Waals surface area (Å²) in [6.45, 7) is 2.50. The first-order valence-electron chi connectivity index (χ1n) is 9.84. The van der Waals surface area contributed by atoms with Crippen LogP contribution in [0, 0.1) is 5.92 Å². The summed E-state index contributed by atoms with van der Waals surface area (Å²) in [6.07, 6.45) is -4.71. The van der Waals surface area contributed by atoms with Crippen molar-refractivity contribution in [3.63, 3.8) is 0 Å². The van der Waals surface area contributed by atoms with E-state index in [0.29, 0.717) is 18.7 Å². The summed E-state index contributed by atoms with van der Waals surface area (Å²) < 4.78 is 42.7. The second-order valence-corrected chi connectivity index (χ2v) is 7.49. The summed E-state index contributed by atoms with van der Waals surface area (Å²) >= 11 is 0. The molecule has 2 aromatic carbocycles. The van der Waals surface area contributed by atoms with Crippen molar-refractivity contribution >= 4 is 17.5 Å². The Labute approximate surface area is 181 Å². The molecule has 7 nitrogen and oxygen atoms in total. The molecule has 10 heteroatoms. The molecule has 1 aromatic heterocycles. The van der Waals surface area contributed by atoms with Crippen LogP contribution in [0.5, 0.6) is 0 Å². The monoisotopic (exact) mass is 444 g/mol. The molecule has 0 bridgehead atoms. The van der Waals surface area contributed by atoms with Crippen LogP contribution in [0.15, 0.2) is 59.0 Å². The average Bonchev–Trinajstić information content (AvgIpc) is 3.22. The summed E-state index contributed by atoms with van der Waals surface area (Å²) in [5.41, 5.74) is 1.82. The largest absolute Gasteiger partial charge is 0.470 e. The third-order valence-electron chi connectivity index (χ3n) is 5.22. The number of alkyl halides is 3. The van der Waals surface area contributed by atoms with Crippen molar-refractivity contribution in [3.8, 4) is 11.5 Å². The van der Waals surface area contributed by atoms with Crippen LogP contribution in [-0.2, 0) is 22.3 Å². The first-order chi connectivity index (χ1) is 15.2. The van der Waals surface area contributed by atoms with E-state index in [9.17, 15) is 22.8 Å². The van der Waals surface area contributed by atoms with Crippen LogP contribution in [0.3, 0.4) is 0 Å². The number of para-hydroxylation sites is 1. The summed E-state index contributed by atoms with van der Waals surface area (Å²) in [7, 11) is 0. The van der Waals surface area contributed by atoms with Gasteiger partial charge in [-0.25, -0.2) is 0 Å². The van der Waals surface area contributed by atoms with Gasteiger partial charge in [-0.2, -0.15) is 13.2 Å². The molecule has 2 amide bonds. The highest BCUT2D eigenvalue weighted by atomic mass is 19.4. The Bertz CT molecular complexity index is 1110. The number of carbonyl (C=O) groups excluding carboxylic acids is 2. The lowest BCUT2D eigenvalue weighted by molar-refractivity contribution is -0.157. The average molecular weight is 444 g/mol. The fourth-order valence-corrected chi connectivity index (χ4v) is 3.41. The van der Waals surface area contributed by atoms with Crippen molar-refractivity contribution in [2.75, 3.05) is 18.0 Å². The fraction of sp³-hybridized carbons (Fsp3) is 0.273. The highest BCUT2D eigenvalue weighted by Crippen LogP contribution is 2.30. The van der Waals surface area contributed by atoms with Crippen molar-refractivity contribution in [2.45, 2.75) is 19.6 Å². The van der Waals surface area contributed by atoms with E-state index in [0.717, 1.165) is 11.3 Å². The molecule has 0 saturated carbocycles. The van der Waals surface area contributed by atoms with E-state index in [1.807, 2.05) is 30.3 Å². The smallest absolute Gasteiger partial charge is 0.413 e. The van der Waals surface area contributed by atoms with Crippen molar-refractivity contribution < 1.29 is 27.2 Å². The van der Waals surface area contributed by atoms with Gasteiger partial charge in [-0.1, -0.05) is 30.3 Å². The molecule has 32 heavy (non-hydrogen) atoms. The maximum Gasteiger partial charge on any atom is 0.470 e. The van der Waals surface area contributed by atoms with Gasteiger partial charge in [0.15, 0.2) is 0 Å². The standard InChI is InChI=1S/C22H19F3N4O3/c1-14(30)28-12-17(13-28)20(31)29(18-5-3-2-4-6-18)11-15-7-9-16(10-8-15)19-26-27-21(32-19)22(23,24)25/h2-10,17H,11-13H2,1H3. The number of hydrogen-bond donors (Lipinski definition) is 0. The fourth-order valence-electron chi connectivity index (χ4n) is 3.41. The van der Waals surface area contributed by atoms with Crippen molar-refractivity contribution in [1.82, 2.24) is 15.1 Å². The predicted molar refractivity (Wildman–Crippen MR) is 108 cm³/mol. The topological polar surface area (TPSA) is 79.5 Å². The summed E-state index contributed by atoms with van der Waals surface area (Å²) in [6, 6.07) is 15.7. The van der Waals surface area contributed by atoms with Crippen LogP contribution < -0.4 is 4.90 Å². The molecule has 1 fully saturated rings. The van der Waals surface area contributed by atoms with Crippen molar-refractivity contribution in [3.05, 3.63) is 66.1 Å². The maximum atomic E-state index is 13.1. The molecule has 2 heterocycles. The lowest BCUT2D eigenvalue weighted by atomic mass is 9.97. The van der Waals surface area contributed by atoms with Crippen LogP contribution in [-0.4, -0.2) is 40.0 Å². The van der Waals surface area contributed by atoms with E-state index >= 15 is 0 Å². The SMILES string of the molecule is CC(=O)N1CC(C(=O)N(Cc2ccc(-c3nnc(C(F)(F)F)o3)cc2)c2ccccc2)C1. The molecule has 0 spiro atoms. The van der Waals surface area contributed by atoms with E-state index in [-0.39, 0.29) is 30.2 Å². The zero-order valence-corrected chi connectivity index (χ0v) is 17.0. The highest BCUT2D eigenvalue weighted by molar-refractivity contribution is 5.96. The Kier molecular flexibility index (Phi) is 5.68. The van der Waals surface area contributed by atoms with E-state index in [2.05, 4.69) is 10.2 Å². The lowest BCUT2D eigenvalue weighted by Crippen LogP contribution is -2.55. The molecule has 0 N–H and O–H groups in total. The van der Waals surface area contributed by atoms with Gasteiger partial charge in [0.1, 0.15) is 0 Å². The first kappa shape index (κ1) is 21.5. The molecule has 1 saturated heterocycles. The molecule has 0 aliphatic carbocycles. The first-order valence-corrected chi connectivity index (χ1v) is 9.84. The number of aromatic nitrogens is 2. The molecule has 4 rings (SSSR count). The summed E-state index contributed by atoms with van der Waals surface area (Å²) in [4.78, 5) is 27.8. The Morgan fingerprint density at radius 3 is 2.28 bits per heavy atom. The number of likely N-dealkylation sites (tertiary alicyclic amines) is 1. The predicted octanol–water partition coefficient (Wildman–Crippen LogP) is 3.77. The third-order valence-corrected chi connectivity index (χ3v) is 5.22. The highest BCUT2D eigenvalue weighted by Gasteiger charge is 2.38. The zero-order valence-electron chi connectivity index (χ0n) is 17.0. The number of benzene rings is 2. The number of amides is 2. The van der Waals surface area contributed by atoms with Gasteiger partial charge in [-0.05, 0) is 29.8 Å². The van der Waals surface area contributed by atoms with Gasteiger partial charge in [-0.15, -0.1) is 10.2 Å². The Balaban J connectivity index is 1.52. The van der Waals surface area contributed by atoms with Gasteiger partial charge in [0.25, 0.3) is 0 Å². The van der Waals surface area contributed by atoms with E-state index < -0.39 is 12.1 Å². The van der Waals surface area contributed by atoms with Gasteiger partial charge in [0, 0.05) is 31.3 Å². The molecule has 1 aliphatic heterocycles. The maximum absolute atomic E-state index is 13.1. The van der Waals surface area contributed by atoms with Crippen LogP contribution in [0.2, 0.25) is 0 Å².